The lowest BCUT2D eigenvalue weighted by Crippen LogP contribution is -2.27. The van der Waals surface area contributed by atoms with Gasteiger partial charge in [0, 0.05) is 21.5 Å². The molecule has 0 N–H and O–H groups in total. The Morgan fingerprint density at radius 2 is 1.71 bits per heavy atom. The smallest absolute Gasteiger partial charge is 0.293 e. The summed E-state index contributed by atoms with van der Waals surface area (Å²) in [6, 6.07) is 16.1. The maximum absolute atomic E-state index is 13.0. The van der Waals surface area contributed by atoms with Crippen molar-refractivity contribution in [3.8, 4) is 5.69 Å². The van der Waals surface area contributed by atoms with Gasteiger partial charge in [-0.15, -0.1) is 0 Å². The molecule has 3 aromatic rings. The number of amides is 2. The number of nitrogens with zero attached hydrogens (tertiary/aromatic N) is 2. The Balaban J connectivity index is 1.65. The van der Waals surface area contributed by atoms with Crippen LogP contribution in [0.2, 0.25) is 0 Å². The van der Waals surface area contributed by atoms with Crippen LogP contribution in [-0.4, -0.2) is 20.6 Å². The van der Waals surface area contributed by atoms with Gasteiger partial charge in [-0.2, -0.15) is 0 Å². The first kappa shape index (κ1) is 21.7. The number of benzene rings is 2. The molecule has 0 atom stereocenters. The van der Waals surface area contributed by atoms with E-state index in [2.05, 4.69) is 45.6 Å². The average molecular weight is 495 g/mol. The molecule has 158 valence electrons. The van der Waals surface area contributed by atoms with Gasteiger partial charge in [0.2, 0.25) is 0 Å². The molecule has 0 spiro atoms. The summed E-state index contributed by atoms with van der Waals surface area (Å²) in [5.74, 6) is -0.234. The van der Waals surface area contributed by atoms with Crippen molar-refractivity contribution < 1.29 is 9.59 Å². The molecule has 0 saturated carbocycles. The lowest BCUT2D eigenvalue weighted by molar-refractivity contribution is -0.123. The molecular formula is C25H23BrN2O2S. The summed E-state index contributed by atoms with van der Waals surface area (Å²) < 4.78 is 3.24. The monoisotopic (exact) mass is 494 g/mol. The van der Waals surface area contributed by atoms with Crippen LogP contribution in [0.1, 0.15) is 33.6 Å². The van der Waals surface area contributed by atoms with Gasteiger partial charge in [-0.1, -0.05) is 40.2 Å². The molecule has 1 aromatic heterocycles. The van der Waals surface area contributed by atoms with Crippen molar-refractivity contribution in [1.29, 1.82) is 0 Å². The van der Waals surface area contributed by atoms with Crippen molar-refractivity contribution in [3.05, 3.63) is 91.6 Å². The molecule has 0 unspecified atom stereocenters. The Labute approximate surface area is 195 Å². The summed E-state index contributed by atoms with van der Waals surface area (Å²) in [4.78, 5) is 27.4. The number of rotatable bonds is 4. The van der Waals surface area contributed by atoms with E-state index in [1.165, 1.54) is 4.90 Å². The zero-order valence-corrected chi connectivity index (χ0v) is 20.3. The highest BCUT2D eigenvalue weighted by molar-refractivity contribution is 9.10. The number of carbonyl (C=O) groups excluding carboxylic acids is 2. The quantitative estimate of drug-likeness (QED) is 0.378. The summed E-state index contributed by atoms with van der Waals surface area (Å²) >= 11 is 4.56. The van der Waals surface area contributed by atoms with Crippen LogP contribution in [0.5, 0.6) is 0 Å². The molecule has 0 aliphatic carbocycles. The van der Waals surface area contributed by atoms with Gasteiger partial charge in [0.05, 0.1) is 11.4 Å². The summed E-state index contributed by atoms with van der Waals surface area (Å²) in [6.45, 7) is 8.43. The fraction of sp³-hybridized carbons (Fsp3) is 0.200. The van der Waals surface area contributed by atoms with Gasteiger partial charge in [0.25, 0.3) is 11.1 Å². The number of aryl methyl sites for hydroxylation is 3. The highest BCUT2D eigenvalue weighted by Crippen LogP contribution is 2.35. The van der Waals surface area contributed by atoms with Crippen LogP contribution in [0.15, 0.2) is 57.9 Å². The lowest BCUT2D eigenvalue weighted by atomic mass is 10.1. The Morgan fingerprint density at radius 1 is 0.968 bits per heavy atom. The van der Waals surface area contributed by atoms with Crippen molar-refractivity contribution in [3.63, 3.8) is 0 Å². The predicted octanol–water partition coefficient (Wildman–Crippen LogP) is 6.71. The van der Waals surface area contributed by atoms with Crippen LogP contribution in [0.3, 0.4) is 0 Å². The molecule has 31 heavy (non-hydrogen) atoms. The highest BCUT2D eigenvalue weighted by atomic mass is 79.9. The zero-order chi connectivity index (χ0) is 22.3. The van der Waals surface area contributed by atoms with E-state index < -0.39 is 0 Å². The number of thioether (sulfide) groups is 1. The number of aromatic nitrogens is 1. The Morgan fingerprint density at radius 3 is 2.42 bits per heavy atom. The van der Waals surface area contributed by atoms with Gasteiger partial charge >= 0.3 is 0 Å². The first-order valence-corrected chi connectivity index (χ1v) is 11.6. The van der Waals surface area contributed by atoms with E-state index in [9.17, 15) is 9.59 Å². The van der Waals surface area contributed by atoms with Crippen LogP contribution < -0.4 is 0 Å². The second kappa shape index (κ2) is 8.52. The number of imide groups is 1. The van der Waals surface area contributed by atoms with E-state index in [1.807, 2.05) is 57.2 Å². The van der Waals surface area contributed by atoms with Gasteiger partial charge in [-0.05, 0) is 92.1 Å². The van der Waals surface area contributed by atoms with E-state index >= 15 is 0 Å². The van der Waals surface area contributed by atoms with Gasteiger partial charge in [0.1, 0.15) is 0 Å². The molecule has 6 heteroatoms. The maximum Gasteiger partial charge on any atom is 0.293 e. The van der Waals surface area contributed by atoms with Gasteiger partial charge in [0.15, 0.2) is 0 Å². The highest BCUT2D eigenvalue weighted by Gasteiger charge is 2.35. The molecule has 0 radical (unpaired) electrons. The molecule has 4 nitrogen and oxygen atoms in total. The third-order valence-corrected chi connectivity index (χ3v) is 7.42. The minimum atomic E-state index is -0.234. The Kier molecular flexibility index (Phi) is 5.95. The molecule has 1 aliphatic heterocycles. The molecule has 1 aliphatic rings. The minimum Gasteiger partial charge on any atom is -0.318 e. The molecule has 1 fully saturated rings. The molecular weight excluding hydrogens is 472 g/mol. The van der Waals surface area contributed by atoms with Crippen LogP contribution in [0.25, 0.3) is 11.8 Å². The summed E-state index contributed by atoms with van der Waals surface area (Å²) in [6.07, 6.45) is 1.84. The normalized spacial score (nSPS) is 15.4. The molecule has 2 heterocycles. The predicted molar refractivity (Wildman–Crippen MR) is 130 cm³/mol. The van der Waals surface area contributed by atoms with Crippen LogP contribution >= 0.6 is 27.7 Å². The number of hydrogen-bond acceptors (Lipinski definition) is 3. The summed E-state index contributed by atoms with van der Waals surface area (Å²) in [7, 11) is 0. The molecule has 2 amide bonds. The fourth-order valence-corrected chi connectivity index (χ4v) is 4.91. The van der Waals surface area contributed by atoms with Crippen molar-refractivity contribution in [1.82, 2.24) is 9.47 Å². The Bertz CT molecular complexity index is 1240. The molecule has 4 rings (SSSR count). The molecule has 2 aromatic carbocycles. The molecule has 1 saturated heterocycles. The molecule has 0 bridgehead atoms. The topological polar surface area (TPSA) is 42.3 Å². The van der Waals surface area contributed by atoms with E-state index in [4.69, 9.17) is 0 Å². The third-order valence-electron chi connectivity index (χ3n) is 5.62. The van der Waals surface area contributed by atoms with E-state index in [0.717, 1.165) is 55.6 Å². The standard InChI is InChI=1S/C25H23BrN2O2S/c1-15-7-5-6-8-19(15)14-27-24(29)23(31-25(27)30)13-20-12-17(3)28(18(20)4)21-9-10-22(26)16(2)11-21/h5-13H,14H2,1-4H3/b23-13-. The first-order valence-electron chi connectivity index (χ1n) is 10.0. The minimum absolute atomic E-state index is 0.225. The van der Waals surface area contributed by atoms with Gasteiger partial charge < -0.3 is 4.57 Å². The number of hydrogen-bond donors (Lipinski definition) is 0. The Hall–Kier alpha value is -2.57. The summed E-state index contributed by atoms with van der Waals surface area (Å²) in [5.41, 5.74) is 7.33. The lowest BCUT2D eigenvalue weighted by Gasteiger charge is -2.14. The fourth-order valence-electron chi connectivity index (χ4n) is 3.83. The number of carbonyl (C=O) groups is 2. The van der Waals surface area contributed by atoms with Gasteiger partial charge in [-0.3, -0.25) is 14.5 Å². The first-order chi connectivity index (χ1) is 14.8. The van der Waals surface area contributed by atoms with Crippen molar-refractivity contribution >= 4 is 44.9 Å². The van der Waals surface area contributed by atoms with Crippen LogP contribution in [0, 0.1) is 27.7 Å². The SMILES string of the molecule is Cc1cc(-n2c(C)cc(/C=C3\SC(=O)N(Cc4ccccc4C)C3=O)c2C)ccc1Br. The maximum atomic E-state index is 13.0. The van der Waals surface area contributed by atoms with Crippen LogP contribution in [0.4, 0.5) is 4.79 Å². The van der Waals surface area contributed by atoms with Crippen molar-refractivity contribution in [2.75, 3.05) is 0 Å². The second-order valence-corrected chi connectivity index (χ2v) is 9.64. The van der Waals surface area contributed by atoms with Crippen molar-refractivity contribution in [2.24, 2.45) is 0 Å². The van der Waals surface area contributed by atoms with E-state index in [1.54, 1.807) is 0 Å². The van der Waals surface area contributed by atoms with Crippen molar-refractivity contribution in [2.45, 2.75) is 34.2 Å². The van der Waals surface area contributed by atoms with E-state index in [0.29, 0.717) is 11.4 Å². The average Bonchev–Trinajstić information content (AvgIpc) is 3.15. The number of halogens is 1. The summed E-state index contributed by atoms with van der Waals surface area (Å²) in [5, 5.41) is -0.225. The van der Waals surface area contributed by atoms with E-state index in [-0.39, 0.29) is 11.1 Å². The second-order valence-electron chi connectivity index (χ2n) is 7.79. The largest absolute Gasteiger partial charge is 0.318 e. The van der Waals surface area contributed by atoms with Crippen LogP contribution in [-0.2, 0) is 11.3 Å². The van der Waals surface area contributed by atoms with Gasteiger partial charge in [-0.25, -0.2) is 0 Å². The zero-order valence-electron chi connectivity index (χ0n) is 17.9. The third kappa shape index (κ3) is 4.14.